The Morgan fingerprint density at radius 3 is 2.47 bits per heavy atom. The third kappa shape index (κ3) is 5.33. The highest BCUT2D eigenvalue weighted by molar-refractivity contribution is 6.31. The maximum Gasteiger partial charge on any atom is 0.422 e. The van der Waals surface area contributed by atoms with Crippen LogP contribution < -0.4 is 4.74 Å². The zero-order valence-corrected chi connectivity index (χ0v) is 21.4. The van der Waals surface area contributed by atoms with Crippen molar-refractivity contribution < 1.29 is 32.5 Å². The molecule has 2 atom stereocenters. The summed E-state index contributed by atoms with van der Waals surface area (Å²) in [6.07, 6.45) is -2.17. The third-order valence-electron chi connectivity index (χ3n) is 6.46. The number of carbonyl (C=O) groups is 1. The number of nitrogens with zero attached hydrogens (tertiary/aromatic N) is 1. The van der Waals surface area contributed by atoms with Crippen LogP contribution in [-0.2, 0) is 16.9 Å². The van der Waals surface area contributed by atoms with Gasteiger partial charge in [0.1, 0.15) is 12.4 Å². The monoisotopic (exact) mass is 543 g/mol. The lowest BCUT2D eigenvalue weighted by Crippen LogP contribution is -2.46. The number of aromatic nitrogens is 1. The number of carbonyl (C=O) groups excluding carboxylic acids is 1. The summed E-state index contributed by atoms with van der Waals surface area (Å²) in [4.78, 5) is 15.8. The summed E-state index contributed by atoms with van der Waals surface area (Å²) < 4.78 is 54.3. The van der Waals surface area contributed by atoms with E-state index in [1.54, 1.807) is 37.3 Å². The Morgan fingerprint density at radius 2 is 1.82 bits per heavy atom. The van der Waals surface area contributed by atoms with Crippen molar-refractivity contribution in [2.75, 3.05) is 6.61 Å². The fraction of sp³-hybridized carbons (Fsp3) is 0.241. The first-order chi connectivity index (χ1) is 18.1. The van der Waals surface area contributed by atoms with E-state index < -0.39 is 23.7 Å². The van der Waals surface area contributed by atoms with E-state index in [-0.39, 0.29) is 34.7 Å². The van der Waals surface area contributed by atoms with E-state index in [0.29, 0.717) is 16.7 Å². The topological polar surface area (TPSA) is 68.7 Å². The van der Waals surface area contributed by atoms with Crippen LogP contribution in [0.5, 0.6) is 5.75 Å². The van der Waals surface area contributed by atoms with Crippen molar-refractivity contribution in [1.82, 2.24) is 4.98 Å². The molecule has 0 aliphatic carbocycles. The van der Waals surface area contributed by atoms with Crippen LogP contribution in [0.4, 0.5) is 13.2 Å². The van der Waals surface area contributed by atoms with Crippen LogP contribution in [0, 0.1) is 0 Å². The van der Waals surface area contributed by atoms with Crippen molar-refractivity contribution >= 4 is 28.3 Å². The van der Waals surface area contributed by atoms with Gasteiger partial charge in [0.2, 0.25) is 0 Å². The molecule has 0 bridgehead atoms. The first kappa shape index (κ1) is 27.4. The summed E-state index contributed by atoms with van der Waals surface area (Å²) in [6, 6.07) is 16.8. The molecule has 0 saturated heterocycles. The number of hydrogen-bond acceptors (Lipinski definition) is 5. The summed E-state index contributed by atoms with van der Waals surface area (Å²) in [5, 5.41) is 12.1. The molecule has 1 aromatic heterocycles. The first-order valence-corrected chi connectivity index (χ1v) is 12.2. The van der Waals surface area contributed by atoms with Crippen LogP contribution in [0.1, 0.15) is 46.8 Å². The zero-order chi connectivity index (χ0) is 27.5. The lowest BCUT2D eigenvalue weighted by molar-refractivity contribution is -0.274. The number of aliphatic hydroxyl groups is 1. The summed E-state index contributed by atoms with van der Waals surface area (Å²) in [5.41, 5.74) is -2.20. The van der Waals surface area contributed by atoms with Crippen LogP contribution in [0.25, 0.3) is 10.8 Å². The molecule has 4 rings (SSSR count). The fourth-order valence-electron chi connectivity index (χ4n) is 4.38. The molecule has 0 unspecified atom stereocenters. The fourth-order valence-corrected chi connectivity index (χ4v) is 4.71. The highest BCUT2D eigenvalue weighted by atomic mass is 35.5. The number of ether oxygens (including phenoxy) is 2. The Bertz CT molecular complexity index is 1440. The van der Waals surface area contributed by atoms with Crippen LogP contribution in [-0.4, -0.2) is 28.8 Å². The van der Waals surface area contributed by atoms with E-state index in [9.17, 15) is 23.1 Å². The van der Waals surface area contributed by atoms with Crippen molar-refractivity contribution in [1.29, 1.82) is 0 Å². The molecule has 0 amide bonds. The van der Waals surface area contributed by atoms with Gasteiger partial charge in [-0.3, -0.25) is 4.98 Å². The van der Waals surface area contributed by atoms with Gasteiger partial charge in [-0.1, -0.05) is 54.9 Å². The van der Waals surface area contributed by atoms with E-state index in [1.165, 1.54) is 55.7 Å². The van der Waals surface area contributed by atoms with Crippen LogP contribution in [0.15, 0.2) is 79.1 Å². The molecular weight excluding hydrogens is 519 g/mol. The van der Waals surface area contributed by atoms with E-state index in [1.807, 2.05) is 0 Å². The summed E-state index contributed by atoms with van der Waals surface area (Å²) in [6.45, 7) is 3.44. The maximum absolute atomic E-state index is 14.5. The summed E-state index contributed by atoms with van der Waals surface area (Å²) in [5.74, 6) is -1.53. The third-order valence-corrected chi connectivity index (χ3v) is 6.79. The average Bonchev–Trinajstić information content (AvgIpc) is 2.90. The second-order valence-corrected chi connectivity index (χ2v) is 9.18. The predicted molar refractivity (Wildman–Crippen MR) is 138 cm³/mol. The molecule has 198 valence electrons. The van der Waals surface area contributed by atoms with E-state index in [4.69, 9.17) is 21.1 Å². The Morgan fingerprint density at radius 1 is 1.08 bits per heavy atom. The van der Waals surface area contributed by atoms with Crippen LogP contribution in [0.2, 0.25) is 5.02 Å². The van der Waals surface area contributed by atoms with Gasteiger partial charge in [0, 0.05) is 34.3 Å². The maximum atomic E-state index is 14.5. The van der Waals surface area contributed by atoms with E-state index in [0.717, 1.165) is 5.56 Å². The molecule has 38 heavy (non-hydrogen) atoms. The molecule has 0 spiro atoms. The minimum Gasteiger partial charge on any atom is -0.489 e. The Kier molecular flexibility index (Phi) is 7.94. The molecule has 0 aliphatic heterocycles. The van der Waals surface area contributed by atoms with Crippen molar-refractivity contribution in [2.24, 2.45) is 0 Å². The second-order valence-electron chi connectivity index (χ2n) is 8.78. The Labute approximate surface area is 222 Å². The average molecular weight is 544 g/mol. The van der Waals surface area contributed by atoms with Gasteiger partial charge in [-0.05, 0) is 53.8 Å². The molecule has 3 aromatic carbocycles. The van der Waals surface area contributed by atoms with Gasteiger partial charge in [0.25, 0.3) is 0 Å². The van der Waals surface area contributed by atoms with Gasteiger partial charge < -0.3 is 14.6 Å². The van der Waals surface area contributed by atoms with Crippen LogP contribution in [0.3, 0.4) is 0 Å². The highest BCUT2D eigenvalue weighted by Gasteiger charge is 2.59. The SMILES string of the molecule is CCOC(=O)c1ccc(COc2ccc([C@H](C)[C@](O)(c3cccc4cnccc34)C(F)(F)F)c(Cl)c2)cc1. The second kappa shape index (κ2) is 11.0. The quantitative estimate of drug-likeness (QED) is 0.238. The van der Waals surface area contributed by atoms with Crippen molar-refractivity contribution in [3.63, 3.8) is 0 Å². The number of hydrogen-bond donors (Lipinski definition) is 1. The van der Waals surface area contributed by atoms with Crippen molar-refractivity contribution in [2.45, 2.75) is 38.1 Å². The molecule has 0 fully saturated rings. The number of alkyl halides is 3. The Balaban J connectivity index is 1.58. The number of fused-ring (bicyclic) bond motifs is 1. The number of rotatable bonds is 8. The Hall–Kier alpha value is -3.62. The summed E-state index contributed by atoms with van der Waals surface area (Å²) >= 11 is 6.43. The van der Waals surface area contributed by atoms with E-state index >= 15 is 0 Å². The lowest BCUT2D eigenvalue weighted by atomic mass is 9.76. The van der Waals surface area contributed by atoms with Crippen molar-refractivity contribution in [3.05, 3.63) is 106 Å². The standard InChI is InChI=1S/C29H25ClF3NO4/c1-3-37-27(35)20-9-7-19(8-10-20)17-38-22-11-12-23(26(30)15-22)18(2)28(36,29(31,32)33)25-6-4-5-21-16-34-14-13-24(21)25/h4-16,18,36H,3,17H2,1-2H3/t18-,28-/m0/s1. The molecule has 5 nitrogen and oxygen atoms in total. The minimum atomic E-state index is -5.00. The predicted octanol–water partition coefficient (Wildman–Crippen LogP) is 7.20. The molecular formula is C29H25ClF3NO4. The molecule has 1 heterocycles. The first-order valence-electron chi connectivity index (χ1n) is 11.9. The number of halogens is 4. The summed E-state index contributed by atoms with van der Waals surface area (Å²) in [7, 11) is 0. The molecule has 1 N–H and O–H groups in total. The number of pyridine rings is 1. The minimum absolute atomic E-state index is 0.0252. The van der Waals surface area contributed by atoms with Gasteiger partial charge in [0.15, 0.2) is 5.60 Å². The highest BCUT2D eigenvalue weighted by Crippen LogP contribution is 2.51. The molecule has 0 radical (unpaired) electrons. The smallest absolute Gasteiger partial charge is 0.422 e. The van der Waals surface area contributed by atoms with E-state index in [2.05, 4.69) is 4.98 Å². The van der Waals surface area contributed by atoms with Gasteiger partial charge in [0.05, 0.1) is 12.2 Å². The van der Waals surface area contributed by atoms with Crippen molar-refractivity contribution in [3.8, 4) is 5.75 Å². The zero-order valence-electron chi connectivity index (χ0n) is 20.6. The van der Waals surface area contributed by atoms with Gasteiger partial charge in [-0.2, -0.15) is 13.2 Å². The largest absolute Gasteiger partial charge is 0.489 e. The van der Waals surface area contributed by atoms with Gasteiger partial charge in [-0.15, -0.1) is 0 Å². The number of benzene rings is 3. The molecule has 4 aromatic rings. The molecule has 9 heteroatoms. The van der Waals surface area contributed by atoms with Gasteiger partial charge >= 0.3 is 12.1 Å². The number of esters is 1. The van der Waals surface area contributed by atoms with Gasteiger partial charge in [-0.25, -0.2) is 4.79 Å². The normalized spacial score (nSPS) is 14.1. The van der Waals surface area contributed by atoms with Crippen LogP contribution >= 0.6 is 11.6 Å². The molecule has 0 saturated carbocycles. The lowest BCUT2D eigenvalue weighted by Gasteiger charge is -2.37. The molecule has 0 aliphatic rings.